The van der Waals surface area contributed by atoms with Crippen LogP contribution in [0.1, 0.15) is 51.9 Å². The number of para-hydroxylation sites is 2. The zero-order valence-corrected chi connectivity index (χ0v) is 25.4. The zero-order chi connectivity index (χ0) is 30.7. The normalized spacial score (nSPS) is 28.3. The lowest BCUT2D eigenvalue weighted by molar-refractivity contribution is -0.150. The minimum absolute atomic E-state index is 0.100. The van der Waals surface area contributed by atoms with E-state index in [0.717, 1.165) is 36.1 Å². The van der Waals surface area contributed by atoms with Gasteiger partial charge < -0.3 is 24.9 Å². The maximum absolute atomic E-state index is 13.9. The highest BCUT2D eigenvalue weighted by atomic mass is 32.1. The van der Waals surface area contributed by atoms with Crippen molar-refractivity contribution in [1.29, 1.82) is 0 Å². The Morgan fingerprint density at radius 2 is 1.98 bits per heavy atom. The van der Waals surface area contributed by atoms with Crippen molar-refractivity contribution in [2.45, 2.75) is 75.6 Å². The van der Waals surface area contributed by atoms with Crippen LogP contribution in [0, 0.1) is 5.92 Å². The Balaban J connectivity index is 1.31. The van der Waals surface area contributed by atoms with E-state index in [4.69, 9.17) is 19.4 Å². The van der Waals surface area contributed by atoms with Gasteiger partial charge in [-0.25, -0.2) is 14.8 Å². The average molecular weight is 620 g/mol. The summed E-state index contributed by atoms with van der Waals surface area (Å²) < 4.78 is 11.8. The Morgan fingerprint density at radius 3 is 2.73 bits per heavy atom. The van der Waals surface area contributed by atoms with Crippen LogP contribution in [0.5, 0.6) is 5.88 Å². The number of hydrogen-bond donors (Lipinski definition) is 3. The van der Waals surface area contributed by atoms with E-state index in [1.54, 1.807) is 6.92 Å². The molecule has 6 rings (SSSR count). The number of fused-ring (bicyclic) bond motifs is 3. The van der Waals surface area contributed by atoms with E-state index in [9.17, 15) is 19.6 Å². The number of ether oxygens (including phenoxy) is 2. The minimum atomic E-state index is -1.16. The highest BCUT2D eigenvalue weighted by Gasteiger charge is 2.62. The van der Waals surface area contributed by atoms with E-state index in [2.05, 4.69) is 10.8 Å². The van der Waals surface area contributed by atoms with Gasteiger partial charge in [0.2, 0.25) is 17.7 Å². The number of hydroxylamine groups is 1. The second-order valence-corrected chi connectivity index (χ2v) is 12.5. The predicted octanol–water partition coefficient (Wildman–Crippen LogP) is 4.01. The third-order valence-electron chi connectivity index (χ3n) is 8.61. The summed E-state index contributed by atoms with van der Waals surface area (Å²) in [4.78, 5) is 52.8. The van der Waals surface area contributed by atoms with Gasteiger partial charge in [-0.1, -0.05) is 43.2 Å². The molecule has 12 heteroatoms. The van der Waals surface area contributed by atoms with Gasteiger partial charge in [0.25, 0.3) is 0 Å². The van der Waals surface area contributed by atoms with Crippen molar-refractivity contribution in [2.24, 2.45) is 5.92 Å². The van der Waals surface area contributed by atoms with Gasteiger partial charge in [0.1, 0.15) is 29.4 Å². The highest BCUT2D eigenvalue weighted by Crippen LogP contribution is 2.46. The maximum atomic E-state index is 13.9. The minimum Gasteiger partial charge on any atom is -0.471 e. The number of carbonyl (C=O) groups is 3. The van der Waals surface area contributed by atoms with Gasteiger partial charge in [-0.2, -0.15) is 5.48 Å². The van der Waals surface area contributed by atoms with E-state index in [0.29, 0.717) is 29.9 Å². The molecule has 2 amide bonds. The molecule has 4 heterocycles. The predicted molar refractivity (Wildman–Crippen MR) is 164 cm³/mol. The number of amides is 2. The number of aromatic nitrogens is 2. The van der Waals surface area contributed by atoms with E-state index < -0.39 is 41.5 Å². The van der Waals surface area contributed by atoms with Crippen LogP contribution in [0.15, 0.2) is 53.9 Å². The Morgan fingerprint density at radius 1 is 1.16 bits per heavy atom. The molecule has 3 aliphatic rings. The number of benzene rings is 1. The Labute approximate surface area is 259 Å². The van der Waals surface area contributed by atoms with Gasteiger partial charge in [0.05, 0.1) is 29.1 Å². The molecule has 3 aromatic rings. The third kappa shape index (κ3) is 6.06. The van der Waals surface area contributed by atoms with E-state index in [1.807, 2.05) is 53.9 Å². The fourth-order valence-electron chi connectivity index (χ4n) is 6.18. The van der Waals surface area contributed by atoms with Crippen LogP contribution in [0.25, 0.3) is 21.6 Å². The van der Waals surface area contributed by atoms with Crippen LogP contribution in [0.4, 0.5) is 0 Å². The third-order valence-corrected chi connectivity index (χ3v) is 9.48. The molecule has 5 atom stereocenters. The Bertz CT molecular complexity index is 1550. The first-order valence-corrected chi connectivity index (χ1v) is 16.1. The summed E-state index contributed by atoms with van der Waals surface area (Å²) >= 11 is 1.51. The fourth-order valence-corrected chi connectivity index (χ4v) is 6.88. The molecule has 1 saturated heterocycles. The lowest BCUT2D eigenvalue weighted by Gasteiger charge is -2.28. The van der Waals surface area contributed by atoms with Crippen molar-refractivity contribution in [1.82, 2.24) is 25.7 Å². The molecule has 0 spiro atoms. The van der Waals surface area contributed by atoms with Gasteiger partial charge in [-0.05, 0) is 56.2 Å². The zero-order valence-electron chi connectivity index (χ0n) is 24.6. The SMILES string of the molecule is CCOC(=O)[C@@]12C[C@H]1/C=C\CCCCC[C@H](NO)C(=O)N1C[C@H](Oc3nc4ccccc4nc3-c3cccs3)C[C@H]1C(=O)N2. The van der Waals surface area contributed by atoms with Crippen LogP contribution < -0.4 is 15.5 Å². The first-order chi connectivity index (χ1) is 21.4. The second-order valence-electron chi connectivity index (χ2n) is 11.6. The number of allylic oxidation sites excluding steroid dienone is 1. The van der Waals surface area contributed by atoms with Crippen molar-refractivity contribution >= 4 is 40.2 Å². The highest BCUT2D eigenvalue weighted by molar-refractivity contribution is 7.13. The molecule has 2 aliphatic heterocycles. The lowest BCUT2D eigenvalue weighted by Crippen LogP contribution is -2.55. The molecule has 1 saturated carbocycles. The summed E-state index contributed by atoms with van der Waals surface area (Å²) in [7, 11) is 0. The van der Waals surface area contributed by atoms with Crippen molar-refractivity contribution in [2.75, 3.05) is 13.2 Å². The lowest BCUT2D eigenvalue weighted by atomic mass is 10.1. The molecule has 1 aliphatic carbocycles. The summed E-state index contributed by atoms with van der Waals surface area (Å²) in [6, 6.07) is 9.59. The molecule has 44 heavy (non-hydrogen) atoms. The molecule has 2 aromatic heterocycles. The van der Waals surface area contributed by atoms with E-state index in [-0.39, 0.29) is 25.5 Å². The smallest absolute Gasteiger partial charge is 0.332 e. The summed E-state index contributed by atoms with van der Waals surface area (Å²) in [5.41, 5.74) is 2.99. The number of nitrogens with zero attached hydrogens (tertiary/aromatic N) is 3. The van der Waals surface area contributed by atoms with Crippen LogP contribution in [-0.2, 0) is 19.1 Å². The Hall–Kier alpha value is -3.87. The average Bonchev–Trinajstić information content (AvgIpc) is 3.34. The standard InChI is InChI=1S/C32H37N5O6S/c1-2-42-31(40)32-18-20(32)11-6-4-3-5-7-14-24(36-41)30(39)37-19-21(17-25(37)28(38)35-32)43-29-27(26-15-10-16-44-26)33-22-12-8-9-13-23(22)34-29/h6,8-13,15-16,20-21,24-25,36,41H,2-5,7,14,17-19H2,1H3,(H,35,38)/b11-6-/t20-,21-,24+,25+,32-/m1/s1. The van der Waals surface area contributed by atoms with Crippen LogP contribution in [-0.4, -0.2) is 74.7 Å². The summed E-state index contributed by atoms with van der Waals surface area (Å²) in [5.74, 6) is -1.19. The number of rotatable bonds is 6. The topological polar surface area (TPSA) is 143 Å². The number of carbonyl (C=O) groups excluding carboxylic acids is 3. The number of thiophene rings is 1. The molecular weight excluding hydrogens is 582 g/mol. The largest absolute Gasteiger partial charge is 0.471 e. The maximum Gasteiger partial charge on any atom is 0.332 e. The Kier molecular flexibility index (Phi) is 8.92. The molecule has 0 bridgehead atoms. The van der Waals surface area contributed by atoms with Gasteiger partial charge in [0.15, 0.2) is 0 Å². The number of esters is 1. The summed E-state index contributed by atoms with van der Waals surface area (Å²) in [5, 5.41) is 14.9. The van der Waals surface area contributed by atoms with Gasteiger partial charge >= 0.3 is 5.97 Å². The van der Waals surface area contributed by atoms with E-state index >= 15 is 0 Å². The van der Waals surface area contributed by atoms with Gasteiger partial charge in [0, 0.05) is 12.3 Å². The van der Waals surface area contributed by atoms with Crippen molar-refractivity contribution in [3.8, 4) is 16.5 Å². The van der Waals surface area contributed by atoms with Crippen molar-refractivity contribution in [3.63, 3.8) is 0 Å². The molecule has 232 valence electrons. The molecular formula is C32H37N5O6S. The molecule has 1 aromatic carbocycles. The monoisotopic (exact) mass is 619 g/mol. The van der Waals surface area contributed by atoms with Crippen molar-refractivity contribution in [3.05, 3.63) is 53.9 Å². The molecule has 2 fully saturated rings. The first-order valence-electron chi connectivity index (χ1n) is 15.3. The van der Waals surface area contributed by atoms with Crippen LogP contribution in [0.3, 0.4) is 0 Å². The number of hydrogen-bond acceptors (Lipinski definition) is 10. The summed E-state index contributed by atoms with van der Waals surface area (Å²) in [6.45, 7) is 2.03. The van der Waals surface area contributed by atoms with E-state index in [1.165, 1.54) is 16.2 Å². The molecule has 11 nitrogen and oxygen atoms in total. The molecule has 0 radical (unpaired) electrons. The number of nitrogens with one attached hydrogen (secondary N) is 2. The molecule has 0 unspecified atom stereocenters. The fraction of sp³-hybridized carbons (Fsp3) is 0.469. The van der Waals surface area contributed by atoms with Crippen LogP contribution in [0.2, 0.25) is 0 Å². The van der Waals surface area contributed by atoms with Gasteiger partial charge in [-0.3, -0.25) is 9.59 Å². The first kappa shape index (κ1) is 30.2. The summed E-state index contributed by atoms with van der Waals surface area (Å²) in [6.07, 6.45) is 7.83. The van der Waals surface area contributed by atoms with Gasteiger partial charge in [-0.15, -0.1) is 11.3 Å². The quantitative estimate of drug-likeness (QED) is 0.212. The van der Waals surface area contributed by atoms with Crippen LogP contribution >= 0.6 is 11.3 Å². The second kappa shape index (κ2) is 13.0. The van der Waals surface area contributed by atoms with Crippen molar-refractivity contribution < 1.29 is 29.1 Å². The molecule has 3 N–H and O–H groups in total.